The molecule has 3 heterocycles. The monoisotopic (exact) mass is 422 g/mol. The van der Waals surface area contributed by atoms with Crippen molar-refractivity contribution >= 4 is 39.9 Å². The number of fused-ring (bicyclic) bond motifs is 4. The van der Waals surface area contributed by atoms with E-state index >= 15 is 0 Å². The zero-order chi connectivity index (χ0) is 18.7. The number of nitrogens with two attached hydrogens (primary N) is 1. The Kier molecular flexibility index (Phi) is 5.27. The Morgan fingerprint density at radius 2 is 1.96 bits per heavy atom. The molecule has 152 valence electrons. The summed E-state index contributed by atoms with van der Waals surface area (Å²) < 4.78 is 1.77. The first-order valence-corrected chi connectivity index (χ1v) is 10.9. The molecule has 2 atom stereocenters. The Morgan fingerprint density at radius 1 is 1.25 bits per heavy atom. The van der Waals surface area contributed by atoms with E-state index < -0.39 is 0 Å². The molecule has 0 aromatic carbocycles. The first kappa shape index (κ1) is 19.9. The van der Waals surface area contributed by atoms with Crippen molar-refractivity contribution < 1.29 is 4.79 Å². The van der Waals surface area contributed by atoms with Gasteiger partial charge in [-0.15, -0.1) is 23.7 Å². The van der Waals surface area contributed by atoms with Crippen molar-refractivity contribution in [2.24, 2.45) is 17.6 Å². The fourth-order valence-corrected chi connectivity index (χ4v) is 6.63. The van der Waals surface area contributed by atoms with Crippen molar-refractivity contribution in [3.05, 3.63) is 26.6 Å². The van der Waals surface area contributed by atoms with Crippen molar-refractivity contribution in [1.29, 1.82) is 0 Å². The summed E-state index contributed by atoms with van der Waals surface area (Å²) in [6.45, 7) is 2.62. The summed E-state index contributed by atoms with van der Waals surface area (Å²) in [5.74, 6) is 1.78. The predicted molar refractivity (Wildman–Crippen MR) is 113 cm³/mol. The van der Waals surface area contributed by atoms with Crippen molar-refractivity contribution in [3.8, 4) is 0 Å². The zero-order valence-corrected chi connectivity index (χ0v) is 17.7. The summed E-state index contributed by atoms with van der Waals surface area (Å²) in [4.78, 5) is 32.0. The molecular weight excluding hydrogens is 396 g/mol. The Hall–Kier alpha value is -1.44. The second-order valence-corrected chi connectivity index (χ2v) is 9.51. The van der Waals surface area contributed by atoms with Crippen LogP contribution in [0.5, 0.6) is 0 Å². The van der Waals surface area contributed by atoms with Gasteiger partial charge in [0.05, 0.1) is 10.3 Å². The average Bonchev–Trinajstić information content (AvgIpc) is 3.21. The lowest BCUT2D eigenvalue weighted by Crippen LogP contribution is -2.53. The predicted octanol–water partition coefficient (Wildman–Crippen LogP) is 2.77. The Labute approximate surface area is 174 Å². The molecular formula is C20H27ClN4O2S. The minimum atomic E-state index is -0.0440. The molecule has 2 unspecified atom stereocenters. The molecule has 28 heavy (non-hydrogen) atoms. The van der Waals surface area contributed by atoms with Crippen LogP contribution in [0.25, 0.3) is 10.2 Å². The number of nitrogens with zero attached hydrogens (tertiary/aromatic N) is 2. The van der Waals surface area contributed by atoms with Gasteiger partial charge in [0, 0.05) is 25.0 Å². The maximum atomic E-state index is 13.1. The van der Waals surface area contributed by atoms with E-state index in [1.54, 1.807) is 4.57 Å². The molecule has 6 nitrogen and oxygen atoms in total. The zero-order valence-electron chi connectivity index (χ0n) is 16.1. The largest absolute Gasteiger partial charge is 0.348 e. The number of amides is 1. The van der Waals surface area contributed by atoms with Gasteiger partial charge >= 0.3 is 0 Å². The smallest absolute Gasteiger partial charge is 0.262 e. The SMILES string of the molecule is Cc1c(C(=O)NC2C3CCCC2CC(N)C3)sc2nc3n(c(=O)c12)CCC3.Cl. The highest BCUT2D eigenvalue weighted by Gasteiger charge is 2.40. The number of hydrogen-bond acceptors (Lipinski definition) is 5. The minimum Gasteiger partial charge on any atom is -0.348 e. The van der Waals surface area contributed by atoms with Gasteiger partial charge in [0.25, 0.3) is 11.5 Å². The maximum absolute atomic E-state index is 13.1. The van der Waals surface area contributed by atoms with E-state index in [1.807, 2.05) is 6.92 Å². The van der Waals surface area contributed by atoms with E-state index in [2.05, 4.69) is 10.3 Å². The van der Waals surface area contributed by atoms with E-state index in [0.29, 0.717) is 26.9 Å². The number of hydrogen-bond donors (Lipinski definition) is 2. The van der Waals surface area contributed by atoms with Gasteiger partial charge in [-0.05, 0) is 56.4 Å². The molecule has 0 spiro atoms. The van der Waals surface area contributed by atoms with Gasteiger partial charge in [-0.1, -0.05) is 6.42 Å². The Morgan fingerprint density at radius 3 is 2.68 bits per heavy atom. The number of rotatable bonds is 2. The third-order valence-electron chi connectivity index (χ3n) is 6.79. The van der Waals surface area contributed by atoms with Crippen LogP contribution in [0, 0.1) is 18.8 Å². The molecule has 0 saturated heterocycles. The number of nitrogens with one attached hydrogen (secondary N) is 1. The summed E-state index contributed by atoms with van der Waals surface area (Å²) in [6, 6.07) is 0.487. The second kappa shape index (κ2) is 7.43. The quantitative estimate of drug-likeness (QED) is 0.778. The summed E-state index contributed by atoms with van der Waals surface area (Å²) in [7, 11) is 0. The third kappa shape index (κ3) is 3.08. The second-order valence-electron chi connectivity index (χ2n) is 8.51. The molecule has 2 bridgehead atoms. The number of thiophene rings is 1. The number of halogens is 1. The van der Waals surface area contributed by atoms with E-state index in [9.17, 15) is 9.59 Å². The van der Waals surface area contributed by atoms with Gasteiger partial charge in [-0.25, -0.2) is 4.98 Å². The molecule has 2 aliphatic carbocycles. The Bertz CT molecular complexity index is 971. The van der Waals surface area contributed by atoms with Crippen LogP contribution in [-0.4, -0.2) is 27.5 Å². The van der Waals surface area contributed by atoms with Gasteiger partial charge in [-0.3, -0.25) is 14.2 Å². The summed E-state index contributed by atoms with van der Waals surface area (Å²) in [5.41, 5.74) is 7.01. The number of carbonyl (C=O) groups is 1. The van der Waals surface area contributed by atoms with Gasteiger partial charge in [0.15, 0.2) is 0 Å². The molecule has 8 heteroatoms. The van der Waals surface area contributed by atoms with Gasteiger partial charge < -0.3 is 11.1 Å². The molecule has 0 radical (unpaired) electrons. The highest BCUT2D eigenvalue weighted by Crippen LogP contribution is 2.40. The minimum absolute atomic E-state index is 0. The van der Waals surface area contributed by atoms with Crippen LogP contribution in [0.1, 0.15) is 59.6 Å². The van der Waals surface area contributed by atoms with E-state index in [-0.39, 0.29) is 36.0 Å². The van der Waals surface area contributed by atoms with Crippen molar-refractivity contribution in [2.75, 3.05) is 0 Å². The molecule has 1 amide bonds. The van der Waals surface area contributed by atoms with Crippen LogP contribution in [-0.2, 0) is 13.0 Å². The molecule has 2 aromatic rings. The van der Waals surface area contributed by atoms with Crippen molar-refractivity contribution in [1.82, 2.24) is 14.9 Å². The molecule has 3 N–H and O–H groups in total. The number of aromatic nitrogens is 2. The fourth-order valence-electron chi connectivity index (χ4n) is 5.53. The Balaban J connectivity index is 0.00000192. The van der Waals surface area contributed by atoms with Crippen molar-refractivity contribution in [2.45, 2.75) is 70.5 Å². The maximum Gasteiger partial charge on any atom is 0.262 e. The topological polar surface area (TPSA) is 90.0 Å². The molecule has 1 aliphatic heterocycles. The normalized spacial score (nSPS) is 28.6. The highest BCUT2D eigenvalue weighted by molar-refractivity contribution is 7.20. The summed E-state index contributed by atoms with van der Waals surface area (Å²) in [5, 5.41) is 3.94. The van der Waals surface area contributed by atoms with Crippen LogP contribution in [0.4, 0.5) is 0 Å². The van der Waals surface area contributed by atoms with Gasteiger partial charge in [0.2, 0.25) is 0 Å². The molecule has 2 fully saturated rings. The van der Waals surface area contributed by atoms with Crippen LogP contribution in [0.2, 0.25) is 0 Å². The molecule has 3 aliphatic rings. The first-order valence-electron chi connectivity index (χ1n) is 10.1. The number of carbonyl (C=O) groups excluding carboxylic acids is 1. The van der Waals surface area contributed by atoms with Crippen LogP contribution < -0.4 is 16.6 Å². The van der Waals surface area contributed by atoms with E-state index in [0.717, 1.165) is 56.5 Å². The fraction of sp³-hybridized carbons (Fsp3) is 0.650. The lowest BCUT2D eigenvalue weighted by molar-refractivity contribution is 0.0759. The first-order chi connectivity index (χ1) is 13.0. The van der Waals surface area contributed by atoms with Crippen LogP contribution in [0.15, 0.2) is 4.79 Å². The third-order valence-corrected chi connectivity index (χ3v) is 7.98. The molecule has 5 rings (SSSR count). The molecule has 2 aromatic heterocycles. The number of aryl methyl sites for hydroxylation is 2. The lowest BCUT2D eigenvalue weighted by Gasteiger charge is -2.45. The standard InChI is InChI=1S/C20H26N4O2S.ClH/c1-10-15-19(22-14-6-3-7-24(14)20(15)26)27-17(10)18(25)23-16-11-4-2-5-12(16)9-13(21)8-11;/h11-13,16H,2-9,21H2,1H3,(H,23,25);1H. The summed E-state index contributed by atoms with van der Waals surface area (Å²) >= 11 is 1.37. The van der Waals surface area contributed by atoms with E-state index in [4.69, 9.17) is 5.73 Å². The lowest BCUT2D eigenvalue weighted by atomic mass is 9.67. The van der Waals surface area contributed by atoms with Crippen LogP contribution >= 0.6 is 23.7 Å². The molecule has 2 saturated carbocycles. The van der Waals surface area contributed by atoms with Gasteiger partial charge in [0.1, 0.15) is 10.7 Å². The highest BCUT2D eigenvalue weighted by atomic mass is 35.5. The van der Waals surface area contributed by atoms with Gasteiger partial charge in [-0.2, -0.15) is 0 Å². The summed E-state index contributed by atoms with van der Waals surface area (Å²) in [6.07, 6.45) is 7.35. The van der Waals surface area contributed by atoms with Crippen LogP contribution in [0.3, 0.4) is 0 Å². The van der Waals surface area contributed by atoms with Crippen molar-refractivity contribution in [3.63, 3.8) is 0 Å². The average molecular weight is 423 g/mol. The van der Waals surface area contributed by atoms with E-state index in [1.165, 1.54) is 17.8 Å².